The topological polar surface area (TPSA) is 75.7 Å². The summed E-state index contributed by atoms with van der Waals surface area (Å²) >= 11 is 3.55. The molecule has 1 N–H and O–H groups in total. The summed E-state index contributed by atoms with van der Waals surface area (Å²) in [6.07, 6.45) is 1.84. The van der Waals surface area contributed by atoms with E-state index >= 15 is 0 Å². The van der Waals surface area contributed by atoms with Crippen molar-refractivity contribution >= 4 is 45.5 Å². The molecule has 3 aromatic carbocycles. The highest BCUT2D eigenvalue weighted by atomic mass is 79.9. The zero-order valence-electron chi connectivity index (χ0n) is 19.1. The fourth-order valence-electron chi connectivity index (χ4n) is 3.77. The van der Waals surface area contributed by atoms with Crippen molar-refractivity contribution in [3.63, 3.8) is 0 Å². The lowest BCUT2D eigenvalue weighted by molar-refractivity contribution is -0.122. The SMILES string of the molecule is CCOc1cc(/C=C2\C(=O)NC(=O)N(c3ccc(C)cc3)C2=O)cc(Br)c1Cc1cccc(F)c1. The Morgan fingerprint density at radius 1 is 1.06 bits per heavy atom. The molecule has 4 rings (SSSR count). The molecule has 0 spiro atoms. The molecule has 178 valence electrons. The van der Waals surface area contributed by atoms with E-state index in [4.69, 9.17) is 4.74 Å². The van der Waals surface area contributed by atoms with Crippen molar-refractivity contribution in [1.29, 1.82) is 0 Å². The first kappa shape index (κ1) is 24.3. The minimum absolute atomic E-state index is 0.183. The number of benzene rings is 3. The standard InChI is InChI=1S/C27H22BrFN2O4/c1-3-35-24-15-18(14-23(28)21(24)12-17-5-4-6-19(29)11-17)13-22-25(32)30-27(34)31(26(22)33)20-9-7-16(2)8-10-20/h4-11,13-15H,3,12H2,1-2H3,(H,30,32,34)/b22-13+. The van der Waals surface area contributed by atoms with Crippen molar-refractivity contribution in [1.82, 2.24) is 5.32 Å². The Hall–Kier alpha value is -3.78. The van der Waals surface area contributed by atoms with Gasteiger partial charge in [0.05, 0.1) is 12.3 Å². The van der Waals surface area contributed by atoms with Crippen molar-refractivity contribution < 1.29 is 23.5 Å². The highest BCUT2D eigenvalue weighted by Crippen LogP contribution is 2.33. The van der Waals surface area contributed by atoms with E-state index in [1.807, 2.05) is 19.9 Å². The van der Waals surface area contributed by atoms with Crippen LogP contribution < -0.4 is 15.0 Å². The molecular weight excluding hydrogens is 515 g/mol. The van der Waals surface area contributed by atoms with Crippen LogP contribution in [-0.4, -0.2) is 24.5 Å². The van der Waals surface area contributed by atoms with Crippen LogP contribution in [0.4, 0.5) is 14.9 Å². The highest BCUT2D eigenvalue weighted by Gasteiger charge is 2.36. The second kappa shape index (κ2) is 10.2. The number of nitrogens with one attached hydrogen (secondary N) is 1. The summed E-state index contributed by atoms with van der Waals surface area (Å²) in [4.78, 5) is 39.1. The number of hydrogen-bond donors (Lipinski definition) is 1. The maximum atomic E-state index is 13.7. The maximum absolute atomic E-state index is 13.7. The van der Waals surface area contributed by atoms with E-state index in [1.165, 1.54) is 18.2 Å². The summed E-state index contributed by atoms with van der Waals surface area (Å²) in [7, 11) is 0. The number of nitrogens with zero attached hydrogens (tertiary/aromatic N) is 1. The molecular formula is C27H22BrFN2O4. The Balaban J connectivity index is 1.71. The average Bonchev–Trinajstić information content (AvgIpc) is 2.80. The van der Waals surface area contributed by atoms with E-state index < -0.39 is 17.8 Å². The van der Waals surface area contributed by atoms with Crippen LogP contribution in [0.5, 0.6) is 5.75 Å². The number of anilines is 1. The van der Waals surface area contributed by atoms with Gasteiger partial charge in [-0.25, -0.2) is 14.1 Å². The zero-order chi connectivity index (χ0) is 25.1. The second-order valence-corrected chi connectivity index (χ2v) is 8.87. The van der Waals surface area contributed by atoms with Crippen molar-refractivity contribution in [3.8, 4) is 5.75 Å². The molecule has 0 aromatic heterocycles. The predicted octanol–water partition coefficient (Wildman–Crippen LogP) is 5.55. The van der Waals surface area contributed by atoms with E-state index in [0.717, 1.165) is 21.6 Å². The third-order valence-corrected chi connectivity index (χ3v) is 6.16. The van der Waals surface area contributed by atoms with Crippen LogP contribution in [-0.2, 0) is 16.0 Å². The quantitative estimate of drug-likeness (QED) is 0.331. The number of amides is 4. The number of hydrogen-bond acceptors (Lipinski definition) is 4. The van der Waals surface area contributed by atoms with E-state index in [9.17, 15) is 18.8 Å². The summed E-state index contributed by atoms with van der Waals surface area (Å²) in [5.74, 6) is -1.29. The molecule has 0 saturated carbocycles. The number of ether oxygens (including phenoxy) is 1. The summed E-state index contributed by atoms with van der Waals surface area (Å²) in [6.45, 7) is 4.12. The van der Waals surface area contributed by atoms with Crippen LogP contribution in [0, 0.1) is 12.7 Å². The highest BCUT2D eigenvalue weighted by molar-refractivity contribution is 9.10. The number of carbonyl (C=O) groups excluding carboxylic acids is 3. The molecule has 0 radical (unpaired) electrons. The Labute approximate surface area is 210 Å². The number of halogens is 2. The van der Waals surface area contributed by atoms with Gasteiger partial charge in [-0.2, -0.15) is 0 Å². The van der Waals surface area contributed by atoms with Gasteiger partial charge in [0.25, 0.3) is 11.8 Å². The fourth-order valence-corrected chi connectivity index (χ4v) is 4.37. The van der Waals surface area contributed by atoms with Crippen LogP contribution in [0.1, 0.15) is 29.2 Å². The number of imide groups is 2. The number of rotatable bonds is 6. The first-order chi connectivity index (χ1) is 16.8. The van der Waals surface area contributed by atoms with Crippen LogP contribution in [0.15, 0.2) is 70.7 Å². The van der Waals surface area contributed by atoms with E-state index in [-0.39, 0.29) is 11.4 Å². The summed E-state index contributed by atoms with van der Waals surface area (Å²) < 4.78 is 20.2. The van der Waals surface area contributed by atoms with Crippen molar-refractivity contribution in [2.75, 3.05) is 11.5 Å². The van der Waals surface area contributed by atoms with Gasteiger partial charge in [0.15, 0.2) is 0 Å². The average molecular weight is 537 g/mol. The van der Waals surface area contributed by atoms with Crippen molar-refractivity contribution in [3.05, 3.63) is 98.8 Å². The first-order valence-electron chi connectivity index (χ1n) is 10.9. The number of barbiturate groups is 1. The lowest BCUT2D eigenvalue weighted by Crippen LogP contribution is -2.54. The van der Waals surface area contributed by atoms with Gasteiger partial charge in [0.1, 0.15) is 17.1 Å². The van der Waals surface area contributed by atoms with E-state index in [2.05, 4.69) is 21.2 Å². The van der Waals surface area contributed by atoms with Gasteiger partial charge in [-0.1, -0.05) is 45.8 Å². The van der Waals surface area contributed by atoms with Gasteiger partial charge in [0, 0.05) is 16.5 Å². The molecule has 6 nitrogen and oxygen atoms in total. The fraction of sp³-hybridized carbons (Fsp3) is 0.148. The molecule has 3 aromatic rings. The molecule has 1 saturated heterocycles. The lowest BCUT2D eigenvalue weighted by atomic mass is 10.0. The third-order valence-electron chi connectivity index (χ3n) is 5.45. The van der Waals surface area contributed by atoms with Crippen molar-refractivity contribution in [2.24, 2.45) is 0 Å². The molecule has 1 aliphatic rings. The number of urea groups is 1. The molecule has 0 atom stereocenters. The molecule has 4 amide bonds. The summed E-state index contributed by atoms with van der Waals surface area (Å²) in [6, 6.07) is 15.8. The normalized spacial score (nSPS) is 14.9. The van der Waals surface area contributed by atoms with Gasteiger partial charge in [-0.3, -0.25) is 14.9 Å². The molecule has 1 fully saturated rings. The van der Waals surface area contributed by atoms with Gasteiger partial charge in [-0.05, 0) is 67.4 Å². The van der Waals surface area contributed by atoms with Gasteiger partial charge in [0.2, 0.25) is 0 Å². The third kappa shape index (κ3) is 5.33. The van der Waals surface area contributed by atoms with E-state index in [0.29, 0.717) is 34.5 Å². The van der Waals surface area contributed by atoms with Crippen molar-refractivity contribution in [2.45, 2.75) is 20.3 Å². The number of carbonyl (C=O) groups is 3. The van der Waals surface area contributed by atoms with Crippen LogP contribution in [0.25, 0.3) is 6.08 Å². The minimum Gasteiger partial charge on any atom is -0.494 e. The maximum Gasteiger partial charge on any atom is 0.335 e. The Kier molecular flexibility index (Phi) is 7.12. The molecule has 0 aliphatic carbocycles. The minimum atomic E-state index is -0.803. The van der Waals surface area contributed by atoms with Gasteiger partial charge in [-0.15, -0.1) is 0 Å². The predicted molar refractivity (Wildman–Crippen MR) is 135 cm³/mol. The van der Waals surface area contributed by atoms with Crippen LogP contribution in [0.2, 0.25) is 0 Å². The largest absolute Gasteiger partial charge is 0.494 e. The first-order valence-corrected chi connectivity index (χ1v) is 11.7. The lowest BCUT2D eigenvalue weighted by Gasteiger charge is -2.26. The number of aryl methyl sites for hydroxylation is 1. The zero-order valence-corrected chi connectivity index (χ0v) is 20.7. The Bertz CT molecular complexity index is 1350. The summed E-state index contributed by atoms with van der Waals surface area (Å²) in [5, 5.41) is 2.23. The van der Waals surface area contributed by atoms with Crippen LogP contribution in [0.3, 0.4) is 0 Å². The van der Waals surface area contributed by atoms with Gasteiger partial charge >= 0.3 is 6.03 Å². The van der Waals surface area contributed by atoms with E-state index in [1.54, 1.807) is 42.5 Å². The molecule has 1 aliphatic heterocycles. The molecule has 8 heteroatoms. The molecule has 35 heavy (non-hydrogen) atoms. The molecule has 0 bridgehead atoms. The summed E-state index contributed by atoms with van der Waals surface area (Å²) in [5.41, 5.74) is 3.25. The molecule has 0 unspecified atom stereocenters. The van der Waals surface area contributed by atoms with Gasteiger partial charge < -0.3 is 4.74 Å². The second-order valence-electron chi connectivity index (χ2n) is 8.01. The monoisotopic (exact) mass is 536 g/mol. The smallest absolute Gasteiger partial charge is 0.335 e. The Morgan fingerprint density at radius 3 is 2.49 bits per heavy atom. The molecule has 1 heterocycles. The van der Waals surface area contributed by atoms with Crippen LogP contribution >= 0.6 is 15.9 Å². The Morgan fingerprint density at radius 2 is 1.80 bits per heavy atom.